The van der Waals surface area contributed by atoms with Crippen molar-refractivity contribution in [1.82, 2.24) is 24.8 Å². The highest BCUT2D eigenvalue weighted by molar-refractivity contribution is 5.91. The van der Waals surface area contributed by atoms with Crippen LogP contribution in [0.25, 0.3) is 5.65 Å². The lowest BCUT2D eigenvalue weighted by Crippen LogP contribution is -2.53. The molecule has 2 aliphatic heterocycles. The summed E-state index contributed by atoms with van der Waals surface area (Å²) in [5, 5.41) is 17.2. The van der Waals surface area contributed by atoms with Crippen LogP contribution in [0.4, 0.5) is 5.69 Å². The van der Waals surface area contributed by atoms with Crippen molar-refractivity contribution in [2.24, 2.45) is 5.92 Å². The van der Waals surface area contributed by atoms with Crippen molar-refractivity contribution in [2.75, 3.05) is 31.1 Å². The minimum absolute atomic E-state index is 0.166. The number of aromatic nitrogens is 3. The summed E-state index contributed by atoms with van der Waals surface area (Å²) >= 11 is 0. The van der Waals surface area contributed by atoms with Gasteiger partial charge < -0.3 is 15.3 Å². The molecule has 3 aliphatic rings. The lowest BCUT2D eigenvalue weighted by atomic mass is 9.85. The van der Waals surface area contributed by atoms with Crippen LogP contribution < -0.4 is 10.2 Å². The summed E-state index contributed by atoms with van der Waals surface area (Å²) in [4.78, 5) is 21.9. The number of nitrogens with one attached hydrogen (secondary N) is 1. The summed E-state index contributed by atoms with van der Waals surface area (Å²) in [6.45, 7) is 8.14. The smallest absolute Gasteiger partial charge is 0.291 e. The van der Waals surface area contributed by atoms with Crippen molar-refractivity contribution in [3.63, 3.8) is 0 Å². The van der Waals surface area contributed by atoms with E-state index in [-0.39, 0.29) is 23.9 Å². The van der Waals surface area contributed by atoms with Gasteiger partial charge in [-0.2, -0.15) is 0 Å². The van der Waals surface area contributed by atoms with E-state index in [4.69, 9.17) is 0 Å². The van der Waals surface area contributed by atoms with Crippen molar-refractivity contribution < 1.29 is 9.90 Å². The van der Waals surface area contributed by atoms with Gasteiger partial charge in [-0.15, -0.1) is 5.10 Å². The highest BCUT2D eigenvalue weighted by Gasteiger charge is 2.37. The number of aryl methyl sites for hydroxylation is 1. The first-order valence-corrected chi connectivity index (χ1v) is 10.8. The Bertz CT molecular complexity index is 921. The molecule has 2 N–H and O–H groups in total. The second-order valence-corrected chi connectivity index (χ2v) is 9.16. The molecule has 0 spiro atoms. The molecule has 3 fully saturated rings. The maximum Gasteiger partial charge on any atom is 0.291 e. The molecule has 0 aromatic carbocycles. The zero-order valence-corrected chi connectivity index (χ0v) is 17.2. The second-order valence-electron chi connectivity index (χ2n) is 9.16. The molecule has 2 aromatic rings. The maximum atomic E-state index is 12.7. The van der Waals surface area contributed by atoms with Crippen LogP contribution in [0.15, 0.2) is 12.3 Å². The molecule has 2 aromatic heterocycles. The zero-order valence-electron chi connectivity index (χ0n) is 17.2. The first kappa shape index (κ1) is 18.8. The number of nitrogens with zero attached hydrogens (tertiary/aromatic N) is 5. The van der Waals surface area contributed by atoms with E-state index in [1.54, 1.807) is 4.52 Å². The van der Waals surface area contributed by atoms with Crippen LogP contribution in [0.5, 0.6) is 0 Å². The monoisotopic (exact) mass is 398 g/mol. The molecule has 5 rings (SSSR count). The molecule has 8 heteroatoms. The van der Waals surface area contributed by atoms with Crippen LogP contribution >= 0.6 is 0 Å². The van der Waals surface area contributed by atoms with E-state index < -0.39 is 0 Å². The third-order valence-electron chi connectivity index (χ3n) is 6.75. The Balaban J connectivity index is 1.24. The molecule has 2 saturated heterocycles. The Labute approximate surface area is 170 Å². The second kappa shape index (κ2) is 7.25. The number of aliphatic hydroxyl groups excluding tert-OH is 1. The number of likely N-dealkylation sites (tertiary alicyclic amines) is 1. The highest BCUT2D eigenvalue weighted by Crippen LogP contribution is 2.29. The summed E-state index contributed by atoms with van der Waals surface area (Å²) in [6.07, 6.45) is 5.73. The fraction of sp³-hybridized carbons (Fsp3) is 0.667. The van der Waals surface area contributed by atoms with Crippen LogP contribution in [-0.4, -0.2) is 74.9 Å². The van der Waals surface area contributed by atoms with Gasteiger partial charge in [-0.1, -0.05) is 6.92 Å². The van der Waals surface area contributed by atoms with E-state index in [1.807, 2.05) is 13.1 Å². The van der Waals surface area contributed by atoms with Crippen LogP contribution in [-0.2, 0) is 0 Å². The number of carbonyl (C=O) groups excluding carboxylic acids is 1. The van der Waals surface area contributed by atoms with Crippen molar-refractivity contribution in [1.29, 1.82) is 0 Å². The van der Waals surface area contributed by atoms with Crippen molar-refractivity contribution in [3.05, 3.63) is 23.7 Å². The maximum absolute atomic E-state index is 12.7. The standard InChI is InChI=1S/C21H30N6O2/c1-13-3-5-25(10-13)17-7-14(2)20-23-19(24-27(20)11-17)21(29)22-15-8-16(9-15)26-6-4-18(28)12-26/h7,11,13,15-16,18,28H,3-6,8-10,12H2,1-2H3,(H,22,29). The van der Waals surface area contributed by atoms with Crippen LogP contribution in [0.3, 0.4) is 0 Å². The number of hydrogen-bond donors (Lipinski definition) is 2. The summed E-state index contributed by atoms with van der Waals surface area (Å²) in [6, 6.07) is 2.78. The number of carbonyl (C=O) groups is 1. The first-order valence-electron chi connectivity index (χ1n) is 10.8. The molecule has 1 aliphatic carbocycles. The van der Waals surface area contributed by atoms with E-state index in [2.05, 4.69) is 38.2 Å². The molecule has 8 nitrogen and oxygen atoms in total. The van der Waals surface area contributed by atoms with Gasteiger partial charge in [-0.25, -0.2) is 9.50 Å². The van der Waals surface area contributed by atoms with Crippen LogP contribution in [0.2, 0.25) is 0 Å². The zero-order chi connectivity index (χ0) is 20.1. The Morgan fingerprint density at radius 1 is 1.24 bits per heavy atom. The van der Waals surface area contributed by atoms with Gasteiger partial charge in [-0.3, -0.25) is 9.69 Å². The van der Waals surface area contributed by atoms with Crippen molar-refractivity contribution in [3.8, 4) is 0 Å². The van der Waals surface area contributed by atoms with E-state index in [9.17, 15) is 9.90 Å². The number of fused-ring (bicyclic) bond motifs is 1. The molecule has 0 radical (unpaired) electrons. The SMILES string of the molecule is Cc1cc(N2CCC(C)C2)cn2nc(C(=O)NC3CC(N4CCC(O)C4)C3)nc12. The van der Waals surface area contributed by atoms with Crippen molar-refractivity contribution in [2.45, 2.75) is 57.7 Å². The Morgan fingerprint density at radius 3 is 2.76 bits per heavy atom. The fourth-order valence-corrected chi connectivity index (χ4v) is 4.92. The van der Waals surface area contributed by atoms with Crippen LogP contribution in [0, 0.1) is 12.8 Å². The lowest BCUT2D eigenvalue weighted by molar-refractivity contribution is 0.0768. The summed E-state index contributed by atoms with van der Waals surface area (Å²) < 4.78 is 1.75. The van der Waals surface area contributed by atoms with Gasteiger partial charge in [0.25, 0.3) is 5.91 Å². The minimum Gasteiger partial charge on any atom is -0.392 e. The minimum atomic E-state index is -0.200. The predicted molar refractivity (Wildman–Crippen MR) is 110 cm³/mol. The molecule has 0 bridgehead atoms. The van der Waals surface area contributed by atoms with Gasteiger partial charge in [0.05, 0.1) is 18.0 Å². The van der Waals surface area contributed by atoms with E-state index in [0.717, 1.165) is 62.3 Å². The van der Waals surface area contributed by atoms with Gasteiger partial charge in [0.15, 0.2) is 5.65 Å². The number of anilines is 1. The average Bonchev–Trinajstić information content (AvgIpc) is 3.37. The Hall–Kier alpha value is -2.19. The largest absolute Gasteiger partial charge is 0.392 e. The summed E-state index contributed by atoms with van der Waals surface area (Å²) in [5.74, 6) is 0.743. The number of aliphatic hydroxyl groups is 1. The van der Waals surface area contributed by atoms with Crippen LogP contribution in [0.1, 0.15) is 48.8 Å². The normalized spacial score (nSPS) is 30.1. The summed E-state index contributed by atoms with van der Waals surface area (Å²) in [7, 11) is 0. The number of amides is 1. The Kier molecular flexibility index (Phi) is 4.70. The molecule has 2 unspecified atom stereocenters. The number of pyridine rings is 1. The molecular formula is C21H30N6O2. The van der Waals surface area contributed by atoms with Gasteiger partial charge in [-0.05, 0) is 50.2 Å². The third kappa shape index (κ3) is 3.59. The number of β-amino-alcohol motifs (C(OH)–C–C–N with tert-alkyl or cyclic N) is 1. The first-order chi connectivity index (χ1) is 14.0. The molecule has 156 valence electrons. The third-order valence-corrected chi connectivity index (χ3v) is 6.75. The average molecular weight is 399 g/mol. The quantitative estimate of drug-likeness (QED) is 0.805. The van der Waals surface area contributed by atoms with Gasteiger partial charge in [0, 0.05) is 38.3 Å². The predicted octanol–water partition coefficient (Wildman–Crippen LogP) is 1.21. The van der Waals surface area contributed by atoms with Gasteiger partial charge in [0.2, 0.25) is 5.82 Å². The van der Waals surface area contributed by atoms with E-state index >= 15 is 0 Å². The molecular weight excluding hydrogens is 368 g/mol. The topological polar surface area (TPSA) is 86.0 Å². The van der Waals surface area contributed by atoms with E-state index in [1.165, 1.54) is 6.42 Å². The fourth-order valence-electron chi connectivity index (χ4n) is 4.92. The summed E-state index contributed by atoms with van der Waals surface area (Å²) in [5.41, 5.74) is 2.92. The Morgan fingerprint density at radius 2 is 2.07 bits per heavy atom. The number of hydrogen-bond acceptors (Lipinski definition) is 6. The molecule has 1 amide bonds. The van der Waals surface area contributed by atoms with Gasteiger partial charge in [0.1, 0.15) is 0 Å². The molecule has 29 heavy (non-hydrogen) atoms. The molecule has 1 saturated carbocycles. The number of rotatable bonds is 4. The lowest BCUT2D eigenvalue weighted by Gasteiger charge is -2.41. The highest BCUT2D eigenvalue weighted by atomic mass is 16.3. The van der Waals surface area contributed by atoms with Crippen molar-refractivity contribution >= 4 is 17.2 Å². The molecule has 2 atom stereocenters. The molecule has 4 heterocycles. The van der Waals surface area contributed by atoms with Gasteiger partial charge >= 0.3 is 0 Å². The van der Waals surface area contributed by atoms with E-state index in [0.29, 0.717) is 12.0 Å².